The second-order valence-electron chi connectivity index (χ2n) is 3.74. The maximum atomic E-state index is 11.3. The highest BCUT2D eigenvalue weighted by molar-refractivity contribution is 6.17. The first kappa shape index (κ1) is 9.72. The summed E-state index contributed by atoms with van der Waals surface area (Å²) in [5.41, 5.74) is 3.80. The Balaban J connectivity index is 2.25. The lowest BCUT2D eigenvalue weighted by Crippen LogP contribution is -1.96. The van der Waals surface area contributed by atoms with E-state index in [4.69, 9.17) is 11.6 Å². The zero-order valence-corrected chi connectivity index (χ0v) is 8.81. The number of alkyl halides is 1. The quantitative estimate of drug-likeness (QED) is 0.698. The number of carbonyl (C=O) groups excluding carboxylic acids is 1. The predicted molar refractivity (Wildman–Crippen MR) is 57.9 cm³/mol. The van der Waals surface area contributed by atoms with Crippen LogP contribution in [-0.2, 0) is 24.1 Å². The molecule has 0 saturated carbocycles. The third kappa shape index (κ3) is 1.83. The van der Waals surface area contributed by atoms with Crippen molar-refractivity contribution in [2.24, 2.45) is 0 Å². The number of fused-ring (bicyclic) bond motifs is 1. The minimum Gasteiger partial charge on any atom is -0.299 e. The molecule has 0 aliphatic heterocycles. The monoisotopic (exact) mass is 208 g/mol. The largest absolute Gasteiger partial charge is 0.299 e. The van der Waals surface area contributed by atoms with Gasteiger partial charge in [-0.2, -0.15) is 0 Å². The van der Waals surface area contributed by atoms with Gasteiger partial charge >= 0.3 is 0 Å². The summed E-state index contributed by atoms with van der Waals surface area (Å²) in [4.78, 5) is 11.3. The molecule has 74 valence electrons. The fourth-order valence-corrected chi connectivity index (χ4v) is 2.18. The molecule has 0 bridgehead atoms. The molecule has 14 heavy (non-hydrogen) atoms. The molecule has 0 aromatic heterocycles. The Kier molecular flexibility index (Phi) is 2.87. The van der Waals surface area contributed by atoms with E-state index in [-0.39, 0.29) is 0 Å². The van der Waals surface area contributed by atoms with Gasteiger partial charge in [0, 0.05) is 18.7 Å². The van der Waals surface area contributed by atoms with Crippen LogP contribution in [0.3, 0.4) is 0 Å². The van der Waals surface area contributed by atoms with Crippen molar-refractivity contribution in [1.82, 2.24) is 0 Å². The lowest BCUT2D eigenvalue weighted by Gasteiger charge is -2.05. The predicted octanol–water partition coefficient (Wildman–Crippen LogP) is 2.53. The average molecular weight is 209 g/mol. The molecule has 1 nitrogen and oxygen atoms in total. The van der Waals surface area contributed by atoms with E-state index >= 15 is 0 Å². The van der Waals surface area contributed by atoms with Crippen molar-refractivity contribution >= 4 is 17.4 Å². The number of Topliss-reactive ketones (excluding diaryl/α,β-unsaturated/α-hetero) is 1. The molecule has 2 heteroatoms. The first-order valence-corrected chi connectivity index (χ1v) is 5.52. The highest BCUT2D eigenvalue weighted by atomic mass is 35.5. The van der Waals surface area contributed by atoms with Gasteiger partial charge in [-0.05, 0) is 29.5 Å². The van der Waals surface area contributed by atoms with Crippen molar-refractivity contribution in [3.63, 3.8) is 0 Å². The van der Waals surface area contributed by atoms with Gasteiger partial charge in [0.1, 0.15) is 5.78 Å². The standard InChI is InChI=1S/C12H13ClO/c13-6-2-5-9-3-1-4-10-7-11(14)8-12(9)10/h1,3-4H,2,5-8H2. The van der Waals surface area contributed by atoms with Gasteiger partial charge in [0.15, 0.2) is 0 Å². The Morgan fingerprint density at radius 2 is 2.14 bits per heavy atom. The van der Waals surface area contributed by atoms with Crippen molar-refractivity contribution in [2.75, 3.05) is 5.88 Å². The zero-order chi connectivity index (χ0) is 9.97. The topological polar surface area (TPSA) is 17.1 Å². The van der Waals surface area contributed by atoms with E-state index in [1.165, 1.54) is 16.7 Å². The second-order valence-corrected chi connectivity index (χ2v) is 4.12. The number of halogens is 1. The molecule has 0 heterocycles. The van der Waals surface area contributed by atoms with Gasteiger partial charge in [-0.1, -0.05) is 18.2 Å². The number of aryl methyl sites for hydroxylation is 1. The van der Waals surface area contributed by atoms with Crippen LogP contribution in [0.4, 0.5) is 0 Å². The van der Waals surface area contributed by atoms with E-state index < -0.39 is 0 Å². The molecule has 1 aliphatic rings. The van der Waals surface area contributed by atoms with Crippen molar-refractivity contribution in [1.29, 1.82) is 0 Å². The molecular formula is C12H13ClO. The molecule has 0 atom stereocenters. The molecule has 1 aromatic carbocycles. The van der Waals surface area contributed by atoms with Crippen LogP contribution in [0.25, 0.3) is 0 Å². The third-order valence-corrected chi connectivity index (χ3v) is 2.98. The van der Waals surface area contributed by atoms with E-state index in [1.807, 2.05) is 6.07 Å². The van der Waals surface area contributed by atoms with Crippen LogP contribution in [-0.4, -0.2) is 11.7 Å². The van der Waals surface area contributed by atoms with Gasteiger partial charge in [-0.15, -0.1) is 11.6 Å². The Hall–Kier alpha value is -0.820. The molecule has 0 unspecified atom stereocenters. The lowest BCUT2D eigenvalue weighted by atomic mass is 10.00. The maximum Gasteiger partial charge on any atom is 0.141 e. The van der Waals surface area contributed by atoms with Gasteiger partial charge in [0.2, 0.25) is 0 Å². The highest BCUT2D eigenvalue weighted by Crippen LogP contribution is 2.24. The Bertz CT molecular complexity index is 357. The first-order chi connectivity index (χ1) is 6.81. The molecule has 0 amide bonds. The molecule has 0 fully saturated rings. The number of hydrogen-bond donors (Lipinski definition) is 0. The smallest absolute Gasteiger partial charge is 0.141 e. The normalized spacial score (nSPS) is 14.5. The minimum absolute atomic E-state index is 0.346. The van der Waals surface area contributed by atoms with E-state index in [9.17, 15) is 4.79 Å². The lowest BCUT2D eigenvalue weighted by molar-refractivity contribution is -0.117. The fraction of sp³-hybridized carbons (Fsp3) is 0.417. The molecule has 0 N–H and O–H groups in total. The van der Waals surface area contributed by atoms with Crippen molar-refractivity contribution < 1.29 is 4.79 Å². The number of carbonyl (C=O) groups is 1. The van der Waals surface area contributed by atoms with Crippen molar-refractivity contribution in [3.05, 3.63) is 34.9 Å². The van der Waals surface area contributed by atoms with Crippen LogP contribution in [0.1, 0.15) is 23.1 Å². The van der Waals surface area contributed by atoms with Crippen LogP contribution in [0.5, 0.6) is 0 Å². The molecule has 1 aromatic rings. The van der Waals surface area contributed by atoms with Crippen molar-refractivity contribution in [2.45, 2.75) is 25.7 Å². The van der Waals surface area contributed by atoms with Gasteiger partial charge < -0.3 is 0 Å². The maximum absolute atomic E-state index is 11.3. The Morgan fingerprint density at radius 3 is 2.93 bits per heavy atom. The molecule has 0 spiro atoms. The summed E-state index contributed by atoms with van der Waals surface area (Å²) in [6, 6.07) is 6.22. The van der Waals surface area contributed by atoms with E-state index in [0.717, 1.165) is 12.8 Å². The summed E-state index contributed by atoms with van der Waals surface area (Å²) in [5, 5.41) is 0. The van der Waals surface area contributed by atoms with E-state index in [1.54, 1.807) is 0 Å². The second kappa shape index (κ2) is 4.14. The number of rotatable bonds is 3. The fourth-order valence-electron chi connectivity index (χ4n) is 2.04. The van der Waals surface area contributed by atoms with Crippen LogP contribution < -0.4 is 0 Å². The van der Waals surface area contributed by atoms with Gasteiger partial charge in [-0.3, -0.25) is 4.79 Å². The molecule has 2 rings (SSSR count). The molecular weight excluding hydrogens is 196 g/mol. The first-order valence-electron chi connectivity index (χ1n) is 4.98. The summed E-state index contributed by atoms with van der Waals surface area (Å²) < 4.78 is 0. The summed E-state index contributed by atoms with van der Waals surface area (Å²) in [6.07, 6.45) is 3.25. The Labute approximate surface area is 89.1 Å². The third-order valence-electron chi connectivity index (χ3n) is 2.71. The van der Waals surface area contributed by atoms with Gasteiger partial charge in [-0.25, -0.2) is 0 Å². The van der Waals surface area contributed by atoms with Crippen LogP contribution >= 0.6 is 11.6 Å². The molecule has 0 radical (unpaired) electrons. The van der Waals surface area contributed by atoms with Crippen LogP contribution in [0, 0.1) is 0 Å². The summed E-state index contributed by atoms with van der Waals surface area (Å²) in [7, 11) is 0. The average Bonchev–Trinajstić information content (AvgIpc) is 2.55. The van der Waals surface area contributed by atoms with Crippen molar-refractivity contribution in [3.8, 4) is 0 Å². The molecule has 1 aliphatic carbocycles. The van der Waals surface area contributed by atoms with E-state index in [2.05, 4.69) is 12.1 Å². The summed E-state index contributed by atoms with van der Waals surface area (Å²) in [6.45, 7) is 0. The SMILES string of the molecule is O=C1Cc2cccc(CCCCl)c2C1. The summed E-state index contributed by atoms with van der Waals surface area (Å²) >= 11 is 5.66. The van der Waals surface area contributed by atoms with Crippen LogP contribution in [0.2, 0.25) is 0 Å². The summed E-state index contributed by atoms with van der Waals surface area (Å²) in [5.74, 6) is 1.04. The van der Waals surface area contributed by atoms with Gasteiger partial charge in [0.05, 0.1) is 0 Å². The van der Waals surface area contributed by atoms with E-state index in [0.29, 0.717) is 24.5 Å². The Morgan fingerprint density at radius 1 is 1.29 bits per heavy atom. The number of hydrogen-bond acceptors (Lipinski definition) is 1. The highest BCUT2D eigenvalue weighted by Gasteiger charge is 2.20. The molecule has 0 saturated heterocycles. The number of benzene rings is 1. The van der Waals surface area contributed by atoms with Gasteiger partial charge in [0.25, 0.3) is 0 Å². The zero-order valence-electron chi connectivity index (χ0n) is 8.05. The minimum atomic E-state index is 0.346. The number of ketones is 1. The van der Waals surface area contributed by atoms with Crippen LogP contribution in [0.15, 0.2) is 18.2 Å².